The molecule has 1 unspecified atom stereocenters. The Hall–Kier alpha value is -0.0400. The van der Waals surface area contributed by atoms with E-state index in [2.05, 4.69) is 18.7 Å². The fraction of sp³-hybridized carbons (Fsp3) is 1.00. The largest absolute Gasteiger partial charge is 0.300 e. The lowest BCUT2D eigenvalue weighted by Gasteiger charge is -2.28. The molecule has 2 aliphatic rings. The Morgan fingerprint density at radius 2 is 2.20 bits per heavy atom. The highest BCUT2D eigenvalue weighted by molar-refractivity contribution is 4.94. The zero-order valence-electron chi connectivity index (χ0n) is 7.01. The van der Waals surface area contributed by atoms with Crippen LogP contribution >= 0.6 is 0 Å². The smallest absolute Gasteiger partial charge is 0.0101 e. The topological polar surface area (TPSA) is 3.24 Å². The van der Waals surface area contributed by atoms with E-state index in [0.717, 1.165) is 17.9 Å². The van der Waals surface area contributed by atoms with Crippen LogP contribution in [-0.2, 0) is 0 Å². The van der Waals surface area contributed by atoms with Crippen molar-refractivity contribution in [2.24, 2.45) is 11.8 Å². The summed E-state index contributed by atoms with van der Waals surface area (Å²) < 4.78 is 0. The van der Waals surface area contributed by atoms with Crippen molar-refractivity contribution in [1.29, 1.82) is 0 Å². The van der Waals surface area contributed by atoms with Gasteiger partial charge in [0.05, 0.1) is 0 Å². The van der Waals surface area contributed by atoms with E-state index in [1.807, 2.05) is 0 Å². The number of likely N-dealkylation sites (tertiary alicyclic amines) is 1. The van der Waals surface area contributed by atoms with Crippen LogP contribution in [0.2, 0.25) is 0 Å². The molecule has 0 radical (unpaired) electrons. The Morgan fingerprint density at radius 1 is 1.40 bits per heavy atom. The van der Waals surface area contributed by atoms with E-state index >= 15 is 0 Å². The zero-order valence-corrected chi connectivity index (χ0v) is 7.01. The molecule has 10 heavy (non-hydrogen) atoms. The number of nitrogens with zero attached hydrogens (tertiary/aromatic N) is 1. The van der Waals surface area contributed by atoms with E-state index in [-0.39, 0.29) is 0 Å². The molecular weight excluding hydrogens is 122 g/mol. The average Bonchev–Trinajstić information content (AvgIpc) is 2.44. The highest BCUT2D eigenvalue weighted by Gasteiger charge is 2.41. The van der Waals surface area contributed by atoms with Crippen LogP contribution in [-0.4, -0.2) is 24.0 Å². The summed E-state index contributed by atoms with van der Waals surface area (Å²) in [4.78, 5) is 2.64. The van der Waals surface area contributed by atoms with Crippen LogP contribution in [0.3, 0.4) is 0 Å². The Balaban J connectivity index is 2.02. The van der Waals surface area contributed by atoms with Gasteiger partial charge in [0.25, 0.3) is 0 Å². The summed E-state index contributed by atoms with van der Waals surface area (Å²) >= 11 is 0. The highest BCUT2D eigenvalue weighted by Crippen LogP contribution is 2.41. The van der Waals surface area contributed by atoms with Gasteiger partial charge in [-0.05, 0) is 31.2 Å². The third-order valence-electron chi connectivity index (χ3n) is 3.42. The molecule has 2 rings (SSSR count). The summed E-state index contributed by atoms with van der Waals surface area (Å²) in [5, 5.41) is 0. The Labute approximate surface area is 63.4 Å². The van der Waals surface area contributed by atoms with Crippen LogP contribution in [0.15, 0.2) is 0 Å². The van der Waals surface area contributed by atoms with Crippen molar-refractivity contribution in [3.63, 3.8) is 0 Å². The minimum atomic E-state index is 0.963. The maximum absolute atomic E-state index is 2.64. The molecule has 58 valence electrons. The van der Waals surface area contributed by atoms with E-state index in [1.54, 1.807) is 0 Å². The second-order valence-corrected chi connectivity index (χ2v) is 3.95. The second-order valence-electron chi connectivity index (χ2n) is 3.95. The predicted octanol–water partition coefficient (Wildman–Crippen LogP) is 1.74. The van der Waals surface area contributed by atoms with Crippen molar-refractivity contribution in [2.45, 2.75) is 32.7 Å². The second kappa shape index (κ2) is 2.23. The van der Waals surface area contributed by atoms with Gasteiger partial charge in [0.1, 0.15) is 0 Å². The first-order valence-electron chi connectivity index (χ1n) is 4.55. The fourth-order valence-corrected chi connectivity index (χ4v) is 2.69. The molecule has 1 aliphatic heterocycles. The van der Waals surface area contributed by atoms with Crippen LogP contribution in [0.4, 0.5) is 0 Å². The normalized spacial score (nSPS) is 46.8. The molecule has 1 saturated heterocycles. The summed E-state index contributed by atoms with van der Waals surface area (Å²) in [6.45, 7) is 7.36. The quantitative estimate of drug-likeness (QED) is 0.535. The number of rotatable bonds is 1. The Kier molecular flexibility index (Phi) is 1.48. The van der Waals surface area contributed by atoms with Gasteiger partial charge in [-0.25, -0.2) is 0 Å². The minimum absolute atomic E-state index is 0.963. The van der Waals surface area contributed by atoms with Crippen molar-refractivity contribution < 1.29 is 0 Å². The van der Waals surface area contributed by atoms with Crippen LogP contribution < -0.4 is 0 Å². The summed E-state index contributed by atoms with van der Waals surface area (Å²) in [7, 11) is 0. The molecule has 1 heteroatoms. The molecule has 2 fully saturated rings. The molecule has 1 saturated carbocycles. The number of piperidine rings is 1. The van der Waals surface area contributed by atoms with E-state index in [1.165, 1.54) is 25.9 Å². The third-order valence-corrected chi connectivity index (χ3v) is 3.42. The zero-order chi connectivity index (χ0) is 7.14. The first kappa shape index (κ1) is 6.66. The van der Waals surface area contributed by atoms with Crippen LogP contribution in [0.25, 0.3) is 0 Å². The Morgan fingerprint density at radius 3 is 2.60 bits per heavy atom. The van der Waals surface area contributed by atoms with Crippen molar-refractivity contribution in [3.05, 3.63) is 0 Å². The lowest BCUT2D eigenvalue weighted by atomic mass is 9.97. The molecule has 3 atom stereocenters. The summed E-state index contributed by atoms with van der Waals surface area (Å²) in [6.07, 6.45) is 2.97. The van der Waals surface area contributed by atoms with Crippen LogP contribution in [0.1, 0.15) is 26.7 Å². The van der Waals surface area contributed by atoms with E-state index in [0.29, 0.717) is 0 Å². The molecule has 0 amide bonds. The summed E-state index contributed by atoms with van der Waals surface area (Å²) in [5.41, 5.74) is 0. The number of hydrogen-bond acceptors (Lipinski definition) is 1. The molecule has 0 N–H and O–H groups in total. The first-order chi connectivity index (χ1) is 4.81. The van der Waals surface area contributed by atoms with Crippen LogP contribution in [0.5, 0.6) is 0 Å². The van der Waals surface area contributed by atoms with Gasteiger partial charge in [-0.15, -0.1) is 0 Å². The van der Waals surface area contributed by atoms with Gasteiger partial charge in [0.15, 0.2) is 0 Å². The van der Waals surface area contributed by atoms with Crippen molar-refractivity contribution >= 4 is 0 Å². The molecule has 0 aromatic carbocycles. The lowest BCUT2D eigenvalue weighted by Crippen LogP contribution is -2.34. The fourth-order valence-electron chi connectivity index (χ4n) is 2.69. The lowest BCUT2D eigenvalue weighted by molar-refractivity contribution is 0.190. The molecule has 0 aromatic heterocycles. The minimum Gasteiger partial charge on any atom is -0.300 e. The first-order valence-corrected chi connectivity index (χ1v) is 4.55. The molecule has 1 heterocycles. The van der Waals surface area contributed by atoms with Gasteiger partial charge >= 0.3 is 0 Å². The molecular formula is C9H17N. The number of fused-ring (bicyclic) bond motifs is 2. The van der Waals surface area contributed by atoms with Gasteiger partial charge in [-0.3, -0.25) is 0 Å². The molecule has 2 bridgehead atoms. The maximum atomic E-state index is 2.64. The average molecular weight is 139 g/mol. The highest BCUT2D eigenvalue weighted by atomic mass is 15.2. The van der Waals surface area contributed by atoms with Crippen molar-refractivity contribution in [2.75, 3.05) is 13.1 Å². The van der Waals surface area contributed by atoms with E-state index in [4.69, 9.17) is 0 Å². The Bertz CT molecular complexity index is 131. The molecule has 1 aliphatic carbocycles. The van der Waals surface area contributed by atoms with Crippen LogP contribution in [0, 0.1) is 11.8 Å². The van der Waals surface area contributed by atoms with Gasteiger partial charge in [0, 0.05) is 12.6 Å². The van der Waals surface area contributed by atoms with Gasteiger partial charge in [-0.1, -0.05) is 13.8 Å². The summed E-state index contributed by atoms with van der Waals surface area (Å²) in [5.74, 6) is 2.07. The standard InChI is InChI=1S/C9H17N/c1-3-10-6-8-5-9(10)4-7(8)2/h7-9H,3-6H2,1-2H3/t7?,8-,9+/m1/s1. The van der Waals surface area contributed by atoms with E-state index in [9.17, 15) is 0 Å². The molecule has 0 spiro atoms. The van der Waals surface area contributed by atoms with Gasteiger partial charge in [0.2, 0.25) is 0 Å². The van der Waals surface area contributed by atoms with Crippen molar-refractivity contribution in [3.8, 4) is 0 Å². The summed E-state index contributed by atoms with van der Waals surface area (Å²) in [6, 6.07) is 0.963. The third kappa shape index (κ3) is 0.800. The monoisotopic (exact) mass is 139 g/mol. The number of hydrogen-bond donors (Lipinski definition) is 0. The van der Waals surface area contributed by atoms with Gasteiger partial charge in [-0.2, -0.15) is 0 Å². The van der Waals surface area contributed by atoms with Gasteiger partial charge < -0.3 is 4.90 Å². The molecule has 1 nitrogen and oxygen atoms in total. The SMILES string of the molecule is CCN1C[C@H]2C[C@@H]1CC2C. The molecule has 0 aromatic rings. The van der Waals surface area contributed by atoms with Crippen molar-refractivity contribution in [1.82, 2.24) is 4.90 Å². The van der Waals surface area contributed by atoms with E-state index < -0.39 is 0 Å². The predicted molar refractivity (Wildman–Crippen MR) is 42.9 cm³/mol. The maximum Gasteiger partial charge on any atom is 0.0101 e.